The summed E-state index contributed by atoms with van der Waals surface area (Å²) in [5.41, 5.74) is 8.81. The molecule has 0 unspecified atom stereocenters. The van der Waals surface area contributed by atoms with Crippen molar-refractivity contribution in [2.24, 2.45) is 10.7 Å². The summed E-state index contributed by atoms with van der Waals surface area (Å²) in [6.07, 6.45) is -4.76. The molecule has 8 heteroatoms. The van der Waals surface area contributed by atoms with Gasteiger partial charge in [-0.05, 0) is 53.9 Å². The zero-order valence-electron chi connectivity index (χ0n) is 16.4. The van der Waals surface area contributed by atoms with Crippen LogP contribution in [0.2, 0.25) is 0 Å². The summed E-state index contributed by atoms with van der Waals surface area (Å²) in [7, 11) is 0. The second-order valence-electron chi connectivity index (χ2n) is 7.49. The molecule has 1 spiro atoms. The molecule has 2 aliphatic heterocycles. The van der Waals surface area contributed by atoms with Crippen molar-refractivity contribution in [3.05, 3.63) is 77.4 Å². The lowest BCUT2D eigenvalue weighted by molar-refractivity contribution is -0.274. The molecule has 0 amide bonds. The van der Waals surface area contributed by atoms with Crippen molar-refractivity contribution in [2.75, 3.05) is 6.61 Å². The lowest BCUT2D eigenvalue weighted by Crippen LogP contribution is -2.31. The predicted octanol–water partition coefficient (Wildman–Crippen LogP) is 5.25. The fourth-order valence-electron chi connectivity index (χ4n) is 4.02. The van der Waals surface area contributed by atoms with E-state index in [1.807, 2.05) is 31.2 Å². The van der Waals surface area contributed by atoms with E-state index in [4.69, 9.17) is 15.2 Å². The molecule has 0 saturated carbocycles. The van der Waals surface area contributed by atoms with Crippen LogP contribution in [-0.4, -0.2) is 19.0 Å². The zero-order chi connectivity index (χ0) is 21.8. The fraction of sp³-hybridized carbons (Fsp3) is 0.174. The number of hydrogen-bond acceptors (Lipinski definition) is 5. The Kier molecular flexibility index (Phi) is 4.15. The molecular weight excluding hydrogens is 409 g/mol. The number of hydrogen-bond donors (Lipinski definition) is 1. The van der Waals surface area contributed by atoms with Crippen LogP contribution in [0, 0.1) is 6.92 Å². The highest BCUT2D eigenvalue weighted by Crippen LogP contribution is 2.51. The minimum Gasteiger partial charge on any atom is -0.462 e. The number of benzene rings is 3. The van der Waals surface area contributed by atoms with Crippen molar-refractivity contribution in [2.45, 2.75) is 18.8 Å². The summed E-state index contributed by atoms with van der Waals surface area (Å²) in [5.74, 6) is 0.968. The van der Waals surface area contributed by atoms with Gasteiger partial charge in [0.1, 0.15) is 23.9 Å². The molecule has 0 bridgehead atoms. The van der Waals surface area contributed by atoms with E-state index in [9.17, 15) is 13.2 Å². The summed E-state index contributed by atoms with van der Waals surface area (Å²) >= 11 is 0. The van der Waals surface area contributed by atoms with Gasteiger partial charge in [-0.2, -0.15) is 0 Å². The number of amidine groups is 1. The highest BCUT2D eigenvalue weighted by Gasteiger charge is 2.47. The number of aryl methyl sites for hydroxylation is 1. The first-order valence-corrected chi connectivity index (χ1v) is 9.51. The SMILES string of the molecule is Cc1ccc2c(c1)Oc1ccc(-c3cccc(OC(F)(F)F)c3)cc1[C@]21COC(N)=N1. The number of nitrogens with two attached hydrogens (primary N) is 1. The van der Waals surface area contributed by atoms with Crippen molar-refractivity contribution < 1.29 is 27.4 Å². The summed E-state index contributed by atoms with van der Waals surface area (Å²) in [6.45, 7) is 2.17. The standard InChI is InChI=1S/C23H17F3N2O3/c1-13-5-7-17-20(9-13)30-19-8-6-15(11-18(19)22(17)12-29-21(27)28-22)14-3-2-4-16(10-14)31-23(24,25)26/h2-11H,12H2,1H3,(H2,27,28)/t22-/m0/s1. The number of ether oxygens (including phenoxy) is 3. The van der Waals surface area contributed by atoms with E-state index in [1.165, 1.54) is 18.2 Å². The smallest absolute Gasteiger partial charge is 0.462 e. The Hall–Kier alpha value is -3.68. The van der Waals surface area contributed by atoms with Crippen molar-refractivity contribution in [1.82, 2.24) is 0 Å². The number of rotatable bonds is 2. The van der Waals surface area contributed by atoms with Crippen molar-refractivity contribution in [3.8, 4) is 28.4 Å². The maximum Gasteiger partial charge on any atom is 0.573 e. The molecule has 5 rings (SSSR count). The van der Waals surface area contributed by atoms with Crippen LogP contribution >= 0.6 is 0 Å². The third-order valence-corrected chi connectivity index (χ3v) is 5.36. The average molecular weight is 426 g/mol. The zero-order valence-corrected chi connectivity index (χ0v) is 16.4. The van der Waals surface area contributed by atoms with Crippen LogP contribution in [0.4, 0.5) is 13.2 Å². The van der Waals surface area contributed by atoms with E-state index in [0.717, 1.165) is 16.7 Å². The van der Waals surface area contributed by atoms with Gasteiger partial charge in [-0.15, -0.1) is 13.2 Å². The van der Waals surface area contributed by atoms with Gasteiger partial charge in [-0.1, -0.05) is 30.3 Å². The number of halogens is 3. The predicted molar refractivity (Wildman–Crippen MR) is 108 cm³/mol. The highest BCUT2D eigenvalue weighted by molar-refractivity contribution is 5.78. The molecule has 158 valence electrons. The maximum absolute atomic E-state index is 12.6. The van der Waals surface area contributed by atoms with Gasteiger partial charge in [0.25, 0.3) is 6.02 Å². The van der Waals surface area contributed by atoms with E-state index in [0.29, 0.717) is 22.6 Å². The minimum absolute atomic E-state index is 0.0744. The first-order chi connectivity index (χ1) is 14.7. The van der Waals surface area contributed by atoms with Gasteiger partial charge in [0.2, 0.25) is 0 Å². The number of fused-ring (bicyclic) bond motifs is 4. The Balaban J connectivity index is 1.63. The minimum atomic E-state index is -4.76. The Morgan fingerprint density at radius 3 is 2.52 bits per heavy atom. The summed E-state index contributed by atoms with van der Waals surface area (Å²) in [5, 5.41) is 0. The van der Waals surface area contributed by atoms with Gasteiger partial charge in [-0.3, -0.25) is 0 Å². The molecule has 0 saturated heterocycles. The molecule has 2 aliphatic rings. The molecule has 5 nitrogen and oxygen atoms in total. The van der Waals surface area contributed by atoms with Crippen LogP contribution in [0.3, 0.4) is 0 Å². The molecule has 3 aromatic rings. The Morgan fingerprint density at radius 2 is 1.77 bits per heavy atom. The van der Waals surface area contributed by atoms with Gasteiger partial charge in [0.05, 0.1) is 0 Å². The van der Waals surface area contributed by atoms with Crippen LogP contribution < -0.4 is 15.2 Å². The molecule has 0 radical (unpaired) electrons. The van der Waals surface area contributed by atoms with Crippen LogP contribution in [0.1, 0.15) is 16.7 Å². The van der Waals surface area contributed by atoms with E-state index in [-0.39, 0.29) is 18.4 Å². The van der Waals surface area contributed by atoms with Gasteiger partial charge in [-0.25, -0.2) is 4.99 Å². The second-order valence-corrected chi connectivity index (χ2v) is 7.49. The molecule has 2 heterocycles. The highest BCUT2D eigenvalue weighted by atomic mass is 19.4. The van der Waals surface area contributed by atoms with E-state index in [1.54, 1.807) is 18.2 Å². The monoisotopic (exact) mass is 426 g/mol. The topological polar surface area (TPSA) is 66.1 Å². The van der Waals surface area contributed by atoms with Crippen LogP contribution in [-0.2, 0) is 10.3 Å². The molecule has 2 N–H and O–H groups in total. The van der Waals surface area contributed by atoms with E-state index >= 15 is 0 Å². The third kappa shape index (κ3) is 3.34. The summed E-state index contributed by atoms with van der Waals surface area (Å²) in [4.78, 5) is 4.61. The van der Waals surface area contributed by atoms with Crippen molar-refractivity contribution in [3.63, 3.8) is 0 Å². The Labute approximate surface area is 175 Å². The normalized spacial score (nSPS) is 19.2. The van der Waals surface area contributed by atoms with Crippen LogP contribution in [0.5, 0.6) is 17.2 Å². The number of nitrogens with zero attached hydrogens (tertiary/aromatic N) is 1. The molecular formula is C23H17F3N2O3. The first-order valence-electron chi connectivity index (χ1n) is 9.51. The lowest BCUT2D eigenvalue weighted by Gasteiger charge is -2.34. The first kappa shape index (κ1) is 19.3. The largest absolute Gasteiger partial charge is 0.573 e. The third-order valence-electron chi connectivity index (χ3n) is 5.36. The number of aliphatic imine (C=N–C) groups is 1. The van der Waals surface area contributed by atoms with E-state index in [2.05, 4.69) is 9.73 Å². The lowest BCUT2D eigenvalue weighted by atomic mass is 9.80. The van der Waals surface area contributed by atoms with Gasteiger partial charge < -0.3 is 19.9 Å². The molecule has 0 aliphatic carbocycles. The van der Waals surface area contributed by atoms with Crippen molar-refractivity contribution >= 4 is 6.02 Å². The molecule has 0 aromatic heterocycles. The fourth-order valence-corrected chi connectivity index (χ4v) is 4.02. The molecule has 1 atom stereocenters. The quantitative estimate of drug-likeness (QED) is 0.608. The van der Waals surface area contributed by atoms with Gasteiger partial charge >= 0.3 is 6.36 Å². The van der Waals surface area contributed by atoms with Gasteiger partial charge in [0.15, 0.2) is 5.54 Å². The summed E-state index contributed by atoms with van der Waals surface area (Å²) < 4.78 is 53.6. The maximum atomic E-state index is 12.6. The molecule has 0 fully saturated rings. The second kappa shape index (κ2) is 6.66. The van der Waals surface area contributed by atoms with Crippen LogP contribution in [0.15, 0.2) is 65.7 Å². The van der Waals surface area contributed by atoms with Crippen LogP contribution in [0.25, 0.3) is 11.1 Å². The molecule has 3 aromatic carbocycles. The molecule has 31 heavy (non-hydrogen) atoms. The van der Waals surface area contributed by atoms with E-state index < -0.39 is 11.9 Å². The van der Waals surface area contributed by atoms with Gasteiger partial charge in [0, 0.05) is 11.1 Å². The Bertz CT molecular complexity index is 1220. The number of alkyl halides is 3. The summed E-state index contributed by atoms with van der Waals surface area (Å²) in [6, 6.07) is 17.1. The van der Waals surface area contributed by atoms with Crippen molar-refractivity contribution in [1.29, 1.82) is 0 Å². The Morgan fingerprint density at radius 1 is 0.968 bits per heavy atom. The average Bonchev–Trinajstić information content (AvgIpc) is 3.09.